The number of fused-ring (bicyclic) bond motifs is 1. The van der Waals surface area contributed by atoms with Crippen LogP contribution in [0.1, 0.15) is 51.0 Å². The van der Waals surface area contributed by atoms with E-state index in [1.807, 2.05) is 4.40 Å². The van der Waals surface area contributed by atoms with Crippen LogP contribution < -0.4 is 5.73 Å². The topological polar surface area (TPSA) is 69.1 Å². The van der Waals surface area contributed by atoms with Crippen molar-refractivity contribution in [3.63, 3.8) is 0 Å². The molecule has 2 rings (SSSR count). The standard InChI is InChI=1S/C11H17N5/c1-6(2)8-10-13-5-14-11(12)16(10)9(15-8)7(3)4/h5-7H,1-4H3,(H2,12,13,14). The van der Waals surface area contributed by atoms with Gasteiger partial charge in [0.2, 0.25) is 5.95 Å². The van der Waals surface area contributed by atoms with Crippen LogP contribution >= 0.6 is 0 Å². The largest absolute Gasteiger partial charge is 0.369 e. The fourth-order valence-corrected chi connectivity index (χ4v) is 1.77. The minimum absolute atomic E-state index is 0.299. The monoisotopic (exact) mass is 219 g/mol. The first-order valence-corrected chi connectivity index (χ1v) is 5.51. The van der Waals surface area contributed by atoms with Crippen LogP contribution in [-0.4, -0.2) is 19.4 Å². The summed E-state index contributed by atoms with van der Waals surface area (Å²) in [7, 11) is 0. The maximum Gasteiger partial charge on any atom is 0.208 e. The van der Waals surface area contributed by atoms with Gasteiger partial charge in [-0.2, -0.15) is 0 Å². The summed E-state index contributed by atoms with van der Waals surface area (Å²) in [5.74, 6) is 2.01. The number of hydrogen-bond acceptors (Lipinski definition) is 4. The first-order valence-electron chi connectivity index (χ1n) is 5.51. The maximum absolute atomic E-state index is 5.88. The number of nitrogens with zero attached hydrogens (tertiary/aromatic N) is 4. The van der Waals surface area contributed by atoms with Gasteiger partial charge in [0, 0.05) is 5.92 Å². The van der Waals surface area contributed by atoms with Crippen LogP contribution in [0.25, 0.3) is 5.65 Å². The van der Waals surface area contributed by atoms with E-state index in [0.29, 0.717) is 17.8 Å². The van der Waals surface area contributed by atoms with Crippen molar-refractivity contribution in [2.45, 2.75) is 39.5 Å². The van der Waals surface area contributed by atoms with Gasteiger partial charge in [-0.3, -0.25) is 0 Å². The van der Waals surface area contributed by atoms with Crippen molar-refractivity contribution in [2.75, 3.05) is 5.73 Å². The summed E-state index contributed by atoms with van der Waals surface area (Å²) in [4.78, 5) is 12.9. The minimum atomic E-state index is 0.299. The number of nitrogens with two attached hydrogens (primary N) is 1. The number of anilines is 1. The zero-order valence-corrected chi connectivity index (χ0v) is 10.1. The summed E-state index contributed by atoms with van der Waals surface area (Å²) in [6.07, 6.45) is 1.49. The van der Waals surface area contributed by atoms with Crippen LogP contribution in [0.2, 0.25) is 0 Å². The molecule has 0 aliphatic heterocycles. The van der Waals surface area contributed by atoms with Crippen molar-refractivity contribution in [2.24, 2.45) is 0 Å². The van der Waals surface area contributed by atoms with Gasteiger partial charge in [0.25, 0.3) is 0 Å². The Morgan fingerprint density at radius 3 is 2.38 bits per heavy atom. The zero-order chi connectivity index (χ0) is 11.9. The molecule has 0 aliphatic carbocycles. The predicted octanol–water partition coefficient (Wildman–Crippen LogP) is 1.95. The highest BCUT2D eigenvalue weighted by Crippen LogP contribution is 2.24. The van der Waals surface area contributed by atoms with Crippen molar-refractivity contribution in [3.8, 4) is 0 Å². The van der Waals surface area contributed by atoms with Gasteiger partial charge in [0.1, 0.15) is 12.2 Å². The number of nitrogen functional groups attached to an aromatic ring is 1. The molecule has 16 heavy (non-hydrogen) atoms. The molecule has 5 nitrogen and oxygen atoms in total. The van der Waals surface area contributed by atoms with E-state index >= 15 is 0 Å². The first-order chi connectivity index (χ1) is 7.52. The molecule has 2 N–H and O–H groups in total. The molecule has 5 heteroatoms. The lowest BCUT2D eigenvalue weighted by molar-refractivity contribution is 0.753. The lowest BCUT2D eigenvalue weighted by atomic mass is 10.1. The Kier molecular flexibility index (Phi) is 2.53. The van der Waals surface area contributed by atoms with E-state index in [0.717, 1.165) is 17.2 Å². The zero-order valence-electron chi connectivity index (χ0n) is 10.1. The molecular formula is C11H17N5. The Morgan fingerprint density at radius 2 is 1.81 bits per heavy atom. The molecule has 2 aromatic heterocycles. The predicted molar refractivity (Wildman–Crippen MR) is 63.4 cm³/mol. The van der Waals surface area contributed by atoms with Gasteiger partial charge >= 0.3 is 0 Å². The van der Waals surface area contributed by atoms with Crippen LogP contribution in [0.15, 0.2) is 6.33 Å². The fourth-order valence-electron chi connectivity index (χ4n) is 1.77. The Morgan fingerprint density at radius 1 is 1.12 bits per heavy atom. The van der Waals surface area contributed by atoms with E-state index in [1.54, 1.807) is 0 Å². The van der Waals surface area contributed by atoms with Crippen LogP contribution in [0.4, 0.5) is 5.95 Å². The summed E-state index contributed by atoms with van der Waals surface area (Å²) in [6, 6.07) is 0. The second-order valence-electron chi connectivity index (χ2n) is 4.56. The quantitative estimate of drug-likeness (QED) is 0.838. The van der Waals surface area contributed by atoms with Gasteiger partial charge < -0.3 is 5.73 Å². The Hall–Kier alpha value is -1.65. The molecule has 0 aromatic carbocycles. The number of hydrogen-bond donors (Lipinski definition) is 1. The molecule has 0 amide bonds. The normalized spacial score (nSPS) is 11.9. The first kappa shape index (κ1) is 10.9. The van der Waals surface area contributed by atoms with Gasteiger partial charge in [-0.15, -0.1) is 0 Å². The van der Waals surface area contributed by atoms with E-state index in [2.05, 4.69) is 42.6 Å². The third-order valence-electron chi connectivity index (χ3n) is 2.57. The Bertz CT molecular complexity index is 512. The number of imidazole rings is 1. The van der Waals surface area contributed by atoms with E-state index in [-0.39, 0.29) is 0 Å². The van der Waals surface area contributed by atoms with Crippen LogP contribution in [0.5, 0.6) is 0 Å². The third kappa shape index (κ3) is 1.52. The van der Waals surface area contributed by atoms with E-state index in [1.165, 1.54) is 6.33 Å². The minimum Gasteiger partial charge on any atom is -0.369 e. The van der Waals surface area contributed by atoms with E-state index in [4.69, 9.17) is 5.73 Å². The van der Waals surface area contributed by atoms with Crippen LogP contribution in [-0.2, 0) is 0 Å². The lowest BCUT2D eigenvalue weighted by Gasteiger charge is -2.04. The molecule has 0 unspecified atom stereocenters. The van der Waals surface area contributed by atoms with E-state index < -0.39 is 0 Å². The van der Waals surface area contributed by atoms with Gasteiger partial charge in [-0.1, -0.05) is 27.7 Å². The maximum atomic E-state index is 5.88. The second kappa shape index (κ2) is 3.73. The fraction of sp³-hybridized carbons (Fsp3) is 0.545. The number of aromatic nitrogens is 4. The van der Waals surface area contributed by atoms with Gasteiger partial charge in [-0.05, 0) is 5.92 Å². The molecule has 0 aliphatic rings. The Balaban J connectivity index is 2.82. The lowest BCUT2D eigenvalue weighted by Crippen LogP contribution is -2.05. The van der Waals surface area contributed by atoms with Crippen molar-refractivity contribution in [1.82, 2.24) is 19.4 Å². The van der Waals surface area contributed by atoms with E-state index in [9.17, 15) is 0 Å². The molecule has 0 radical (unpaired) electrons. The van der Waals surface area contributed by atoms with Crippen molar-refractivity contribution in [1.29, 1.82) is 0 Å². The second-order valence-corrected chi connectivity index (χ2v) is 4.56. The molecule has 0 saturated carbocycles. The van der Waals surface area contributed by atoms with Crippen molar-refractivity contribution >= 4 is 11.6 Å². The third-order valence-corrected chi connectivity index (χ3v) is 2.57. The summed E-state index contributed by atoms with van der Waals surface area (Å²) >= 11 is 0. The molecule has 2 aromatic rings. The summed E-state index contributed by atoms with van der Waals surface area (Å²) in [5.41, 5.74) is 7.69. The molecule has 2 heterocycles. The van der Waals surface area contributed by atoms with Gasteiger partial charge in [-0.25, -0.2) is 19.4 Å². The van der Waals surface area contributed by atoms with Crippen LogP contribution in [0.3, 0.4) is 0 Å². The molecule has 0 atom stereocenters. The average Bonchev–Trinajstić information content (AvgIpc) is 2.58. The summed E-state index contributed by atoms with van der Waals surface area (Å²) in [6.45, 7) is 8.38. The molecule has 0 fully saturated rings. The number of rotatable bonds is 2. The molecule has 0 bridgehead atoms. The molecule has 0 saturated heterocycles. The SMILES string of the molecule is CC(C)c1nc(C(C)C)n2c(N)ncnc12. The molecule has 0 spiro atoms. The van der Waals surface area contributed by atoms with Gasteiger partial charge in [0.15, 0.2) is 5.65 Å². The summed E-state index contributed by atoms with van der Waals surface area (Å²) < 4.78 is 1.85. The highest BCUT2D eigenvalue weighted by molar-refractivity contribution is 5.51. The Labute approximate surface area is 94.7 Å². The molecule has 86 valence electrons. The van der Waals surface area contributed by atoms with Crippen molar-refractivity contribution < 1.29 is 0 Å². The van der Waals surface area contributed by atoms with Gasteiger partial charge in [0.05, 0.1) is 5.69 Å². The molecular weight excluding hydrogens is 202 g/mol. The average molecular weight is 219 g/mol. The smallest absolute Gasteiger partial charge is 0.208 e. The highest BCUT2D eigenvalue weighted by Gasteiger charge is 2.18. The van der Waals surface area contributed by atoms with Crippen molar-refractivity contribution in [3.05, 3.63) is 17.8 Å². The highest BCUT2D eigenvalue weighted by atomic mass is 15.2. The van der Waals surface area contributed by atoms with Crippen LogP contribution in [0, 0.1) is 0 Å². The summed E-state index contributed by atoms with van der Waals surface area (Å²) in [5, 5.41) is 0.